The average Bonchev–Trinajstić information content (AvgIpc) is 3.17. The summed E-state index contributed by atoms with van der Waals surface area (Å²) in [4.78, 5) is 12.2. The lowest BCUT2D eigenvalue weighted by atomic mass is 9.97. The predicted octanol–water partition coefficient (Wildman–Crippen LogP) is 3.23. The highest BCUT2D eigenvalue weighted by Gasteiger charge is 2.63. The van der Waals surface area contributed by atoms with Crippen LogP contribution in [0.25, 0.3) is 0 Å². The van der Waals surface area contributed by atoms with Crippen molar-refractivity contribution in [2.24, 2.45) is 0 Å². The van der Waals surface area contributed by atoms with Crippen LogP contribution in [0.15, 0.2) is 60.7 Å². The van der Waals surface area contributed by atoms with E-state index in [9.17, 15) is 4.79 Å². The standard InChI is InChI=1S/C23H26O6/c1-22(2)27-19-20(26-14-18-11-7-4-8-12-18)23(15-24,29-21(19)28-22)16-25-13-17-9-5-3-6-10-17/h3-12,15,19-21H,13-14,16H2,1-2H3. The van der Waals surface area contributed by atoms with Gasteiger partial charge in [-0.1, -0.05) is 60.7 Å². The Morgan fingerprint density at radius 2 is 1.52 bits per heavy atom. The van der Waals surface area contributed by atoms with Gasteiger partial charge in [0.05, 0.1) is 19.8 Å². The Morgan fingerprint density at radius 3 is 2.14 bits per heavy atom. The molecule has 0 spiro atoms. The molecule has 0 aliphatic carbocycles. The van der Waals surface area contributed by atoms with Gasteiger partial charge in [0.2, 0.25) is 0 Å². The Balaban J connectivity index is 1.49. The van der Waals surface area contributed by atoms with Gasteiger partial charge >= 0.3 is 0 Å². The molecule has 29 heavy (non-hydrogen) atoms. The van der Waals surface area contributed by atoms with Gasteiger partial charge in [-0.15, -0.1) is 0 Å². The first kappa shape index (κ1) is 20.2. The van der Waals surface area contributed by atoms with Crippen LogP contribution in [-0.4, -0.2) is 42.8 Å². The number of rotatable bonds is 8. The lowest BCUT2D eigenvalue weighted by Crippen LogP contribution is -2.51. The van der Waals surface area contributed by atoms with E-state index in [0.29, 0.717) is 13.2 Å². The minimum absolute atomic E-state index is 0.0466. The zero-order chi connectivity index (χ0) is 20.3. The molecule has 6 heteroatoms. The smallest absolute Gasteiger partial charge is 0.191 e. The van der Waals surface area contributed by atoms with Crippen LogP contribution in [0.5, 0.6) is 0 Å². The maximum atomic E-state index is 12.2. The second-order valence-corrected chi connectivity index (χ2v) is 7.85. The maximum absolute atomic E-state index is 12.2. The molecule has 2 aliphatic rings. The first-order valence-electron chi connectivity index (χ1n) is 9.78. The number of carbonyl (C=O) groups is 1. The van der Waals surface area contributed by atoms with Crippen LogP contribution < -0.4 is 0 Å². The number of aldehydes is 1. The van der Waals surface area contributed by atoms with Crippen molar-refractivity contribution in [3.8, 4) is 0 Å². The van der Waals surface area contributed by atoms with Crippen LogP contribution >= 0.6 is 0 Å². The van der Waals surface area contributed by atoms with E-state index >= 15 is 0 Å². The number of hydrogen-bond acceptors (Lipinski definition) is 6. The molecule has 2 fully saturated rings. The van der Waals surface area contributed by atoms with Gasteiger partial charge in [0.1, 0.15) is 12.2 Å². The summed E-state index contributed by atoms with van der Waals surface area (Å²) in [7, 11) is 0. The van der Waals surface area contributed by atoms with Crippen molar-refractivity contribution in [1.82, 2.24) is 0 Å². The quantitative estimate of drug-likeness (QED) is 0.636. The van der Waals surface area contributed by atoms with E-state index in [0.717, 1.165) is 17.4 Å². The van der Waals surface area contributed by atoms with Gasteiger partial charge in [-0.05, 0) is 25.0 Å². The van der Waals surface area contributed by atoms with Crippen LogP contribution in [0.2, 0.25) is 0 Å². The number of hydrogen-bond donors (Lipinski definition) is 0. The van der Waals surface area contributed by atoms with E-state index in [1.807, 2.05) is 74.5 Å². The molecule has 4 rings (SSSR count). The van der Waals surface area contributed by atoms with Gasteiger partial charge in [-0.25, -0.2) is 0 Å². The van der Waals surface area contributed by atoms with E-state index in [-0.39, 0.29) is 6.61 Å². The molecular weight excluding hydrogens is 372 g/mol. The molecule has 4 unspecified atom stereocenters. The van der Waals surface area contributed by atoms with E-state index in [1.54, 1.807) is 0 Å². The first-order valence-corrected chi connectivity index (χ1v) is 9.78. The average molecular weight is 398 g/mol. The summed E-state index contributed by atoms with van der Waals surface area (Å²) >= 11 is 0. The molecule has 0 bridgehead atoms. The fourth-order valence-electron chi connectivity index (χ4n) is 3.76. The third-order valence-electron chi connectivity index (χ3n) is 5.11. The summed E-state index contributed by atoms with van der Waals surface area (Å²) < 4.78 is 29.9. The summed E-state index contributed by atoms with van der Waals surface area (Å²) in [5.41, 5.74) is 0.719. The van der Waals surface area contributed by atoms with Gasteiger partial charge < -0.3 is 23.7 Å². The highest BCUT2D eigenvalue weighted by molar-refractivity contribution is 5.65. The Morgan fingerprint density at radius 1 is 0.897 bits per heavy atom. The normalized spacial score (nSPS) is 30.2. The summed E-state index contributed by atoms with van der Waals surface area (Å²) in [5, 5.41) is 0. The van der Waals surface area contributed by atoms with Gasteiger partial charge in [0.25, 0.3) is 0 Å². The van der Waals surface area contributed by atoms with Crippen molar-refractivity contribution >= 4 is 6.29 Å². The molecular formula is C23H26O6. The fraction of sp³-hybridized carbons (Fsp3) is 0.435. The van der Waals surface area contributed by atoms with Crippen molar-refractivity contribution in [3.63, 3.8) is 0 Å². The Kier molecular flexibility index (Phi) is 5.81. The summed E-state index contributed by atoms with van der Waals surface area (Å²) in [6, 6.07) is 19.5. The van der Waals surface area contributed by atoms with Crippen molar-refractivity contribution in [2.75, 3.05) is 6.61 Å². The maximum Gasteiger partial charge on any atom is 0.191 e. The van der Waals surface area contributed by atoms with Crippen molar-refractivity contribution in [2.45, 2.75) is 56.9 Å². The summed E-state index contributed by atoms with van der Waals surface area (Å²) in [6.45, 7) is 4.38. The Labute approximate surface area is 170 Å². The van der Waals surface area contributed by atoms with Crippen molar-refractivity contribution in [1.29, 1.82) is 0 Å². The summed E-state index contributed by atoms with van der Waals surface area (Å²) in [5.74, 6) is -0.802. The number of ether oxygens (including phenoxy) is 5. The SMILES string of the molecule is CC1(C)OC2OC(C=O)(COCc3ccccc3)C(OCc3ccccc3)C2O1. The third-order valence-corrected chi connectivity index (χ3v) is 5.11. The molecule has 0 N–H and O–H groups in total. The molecule has 0 saturated carbocycles. The van der Waals surface area contributed by atoms with Crippen molar-refractivity contribution < 1.29 is 28.5 Å². The third kappa shape index (κ3) is 4.42. The number of benzene rings is 2. The second-order valence-electron chi connectivity index (χ2n) is 7.85. The van der Waals surface area contributed by atoms with Crippen LogP contribution in [0.3, 0.4) is 0 Å². The van der Waals surface area contributed by atoms with Gasteiger partial charge in [-0.3, -0.25) is 4.79 Å². The minimum atomic E-state index is -1.30. The zero-order valence-corrected chi connectivity index (χ0v) is 16.7. The Bertz CT molecular complexity index is 809. The van der Waals surface area contributed by atoms with Crippen molar-refractivity contribution in [3.05, 3.63) is 71.8 Å². The molecule has 2 saturated heterocycles. The second kappa shape index (κ2) is 8.34. The van der Waals surface area contributed by atoms with Gasteiger partial charge in [0, 0.05) is 0 Å². The Hall–Kier alpha value is -2.09. The largest absolute Gasteiger partial charge is 0.373 e. The molecule has 2 aromatic carbocycles. The van der Waals surface area contributed by atoms with Gasteiger partial charge in [0.15, 0.2) is 24.0 Å². The molecule has 2 aromatic rings. The monoisotopic (exact) mass is 398 g/mol. The highest BCUT2D eigenvalue weighted by atomic mass is 16.8. The van der Waals surface area contributed by atoms with Crippen LogP contribution in [-0.2, 0) is 41.7 Å². The number of carbonyl (C=O) groups excluding carboxylic acids is 1. The zero-order valence-electron chi connectivity index (χ0n) is 16.7. The number of fused-ring (bicyclic) bond motifs is 1. The molecule has 2 aliphatic heterocycles. The minimum Gasteiger partial charge on any atom is -0.373 e. The topological polar surface area (TPSA) is 63.2 Å². The molecule has 6 nitrogen and oxygen atoms in total. The van der Waals surface area contributed by atoms with Gasteiger partial charge in [-0.2, -0.15) is 0 Å². The van der Waals surface area contributed by atoms with Crippen LogP contribution in [0.4, 0.5) is 0 Å². The molecule has 0 amide bonds. The van der Waals surface area contributed by atoms with Crippen LogP contribution in [0.1, 0.15) is 25.0 Å². The van der Waals surface area contributed by atoms with E-state index < -0.39 is 29.9 Å². The molecule has 154 valence electrons. The highest BCUT2D eigenvalue weighted by Crippen LogP contribution is 2.43. The molecule has 0 aromatic heterocycles. The summed E-state index contributed by atoms with van der Waals surface area (Å²) in [6.07, 6.45) is -1.09. The fourth-order valence-corrected chi connectivity index (χ4v) is 3.76. The molecule has 2 heterocycles. The molecule has 4 atom stereocenters. The lowest BCUT2D eigenvalue weighted by molar-refractivity contribution is -0.246. The van der Waals surface area contributed by atoms with E-state index in [1.165, 1.54) is 0 Å². The molecule has 0 radical (unpaired) electrons. The van der Waals surface area contributed by atoms with Crippen LogP contribution in [0, 0.1) is 0 Å². The lowest BCUT2D eigenvalue weighted by Gasteiger charge is -2.32. The first-order chi connectivity index (χ1) is 14.0. The van der Waals surface area contributed by atoms with E-state index in [2.05, 4.69) is 0 Å². The predicted molar refractivity (Wildman–Crippen MR) is 105 cm³/mol. The van der Waals surface area contributed by atoms with E-state index in [4.69, 9.17) is 23.7 Å².